The maximum atomic E-state index is 5.51. The second kappa shape index (κ2) is 6.91. The minimum absolute atomic E-state index is 0.143. The highest BCUT2D eigenvalue weighted by atomic mass is 16.5. The van der Waals surface area contributed by atoms with Crippen LogP contribution in [0.25, 0.3) is 0 Å². The number of methoxy groups -OCH3 is 2. The van der Waals surface area contributed by atoms with E-state index in [1.165, 1.54) is 5.56 Å². The Bertz CT molecular complexity index is 543. The smallest absolute Gasteiger partial charge is 0.165 e. The normalized spacial score (nSPS) is 11.9. The third-order valence-corrected chi connectivity index (χ3v) is 3.32. The van der Waals surface area contributed by atoms with Crippen molar-refractivity contribution < 1.29 is 9.47 Å². The largest absolute Gasteiger partial charge is 0.493 e. The Kier molecular flexibility index (Phi) is 4.96. The van der Waals surface area contributed by atoms with Crippen molar-refractivity contribution in [3.05, 3.63) is 53.9 Å². The average molecular weight is 272 g/mol. The molecule has 1 N–H and O–H groups in total. The van der Waals surface area contributed by atoms with Gasteiger partial charge in [0.15, 0.2) is 11.5 Å². The van der Waals surface area contributed by atoms with E-state index in [1.54, 1.807) is 20.4 Å². The summed E-state index contributed by atoms with van der Waals surface area (Å²) in [6.07, 6.45) is 4.51. The highest BCUT2D eigenvalue weighted by Crippen LogP contribution is 2.35. The van der Waals surface area contributed by atoms with Crippen molar-refractivity contribution >= 4 is 0 Å². The van der Waals surface area contributed by atoms with Gasteiger partial charge in [-0.15, -0.1) is 0 Å². The maximum Gasteiger partial charge on any atom is 0.165 e. The zero-order valence-electron chi connectivity index (χ0n) is 12.1. The molecule has 0 saturated carbocycles. The molecule has 106 valence electrons. The monoisotopic (exact) mass is 272 g/mol. The van der Waals surface area contributed by atoms with E-state index in [4.69, 9.17) is 9.47 Å². The topological polar surface area (TPSA) is 43.4 Å². The molecule has 2 aromatic rings. The molecule has 1 unspecified atom stereocenters. The summed E-state index contributed by atoms with van der Waals surface area (Å²) in [5, 5.41) is 3.33. The van der Waals surface area contributed by atoms with E-state index in [2.05, 4.69) is 22.4 Å². The van der Waals surface area contributed by atoms with Crippen LogP contribution in [-0.4, -0.2) is 26.3 Å². The van der Waals surface area contributed by atoms with Crippen LogP contribution in [0.3, 0.4) is 0 Å². The minimum Gasteiger partial charge on any atom is -0.493 e. The van der Waals surface area contributed by atoms with E-state index in [0.29, 0.717) is 0 Å². The van der Waals surface area contributed by atoms with E-state index in [1.807, 2.05) is 31.4 Å². The number of nitrogens with one attached hydrogen (secondary N) is 1. The number of nitrogens with zero attached hydrogens (tertiary/aromatic N) is 1. The standard InChI is InChI=1S/C16H20N2O2/c1-17-14(10-12-6-5-9-18-11-12)13-7-4-8-15(19-2)16(13)20-3/h4-9,11,14,17H,10H2,1-3H3. The molecule has 20 heavy (non-hydrogen) atoms. The van der Waals surface area contributed by atoms with Gasteiger partial charge in [0.25, 0.3) is 0 Å². The van der Waals surface area contributed by atoms with Crippen molar-refractivity contribution in [1.82, 2.24) is 10.3 Å². The Hall–Kier alpha value is -2.07. The molecule has 0 aliphatic rings. The summed E-state index contributed by atoms with van der Waals surface area (Å²) in [7, 11) is 5.26. The lowest BCUT2D eigenvalue weighted by molar-refractivity contribution is 0.347. The molecular weight excluding hydrogens is 252 g/mol. The predicted molar refractivity (Wildman–Crippen MR) is 79.3 cm³/mol. The lowest BCUT2D eigenvalue weighted by Crippen LogP contribution is -2.19. The van der Waals surface area contributed by atoms with Crippen LogP contribution in [0.5, 0.6) is 11.5 Å². The number of ether oxygens (including phenoxy) is 2. The van der Waals surface area contributed by atoms with Crippen LogP contribution < -0.4 is 14.8 Å². The van der Waals surface area contributed by atoms with Crippen LogP contribution >= 0.6 is 0 Å². The highest BCUT2D eigenvalue weighted by Gasteiger charge is 2.18. The SMILES string of the molecule is CNC(Cc1cccnc1)c1cccc(OC)c1OC. The molecule has 2 rings (SSSR count). The van der Waals surface area contributed by atoms with Crippen molar-refractivity contribution in [2.75, 3.05) is 21.3 Å². The molecule has 0 bridgehead atoms. The molecule has 0 fully saturated rings. The van der Waals surface area contributed by atoms with Gasteiger partial charge in [0.05, 0.1) is 14.2 Å². The van der Waals surface area contributed by atoms with Crippen molar-refractivity contribution in [3.63, 3.8) is 0 Å². The van der Waals surface area contributed by atoms with Gasteiger partial charge >= 0.3 is 0 Å². The van der Waals surface area contributed by atoms with Gasteiger partial charge in [-0.1, -0.05) is 18.2 Å². The Balaban J connectivity index is 2.32. The molecule has 0 saturated heterocycles. The molecule has 4 nitrogen and oxygen atoms in total. The van der Waals surface area contributed by atoms with Gasteiger partial charge in [-0.3, -0.25) is 4.98 Å². The lowest BCUT2D eigenvalue weighted by Gasteiger charge is -2.20. The second-order valence-corrected chi connectivity index (χ2v) is 4.49. The fraction of sp³-hybridized carbons (Fsp3) is 0.312. The van der Waals surface area contributed by atoms with E-state index >= 15 is 0 Å². The van der Waals surface area contributed by atoms with E-state index in [-0.39, 0.29) is 6.04 Å². The van der Waals surface area contributed by atoms with Gasteiger partial charge < -0.3 is 14.8 Å². The summed E-state index contributed by atoms with van der Waals surface area (Å²) < 4.78 is 10.9. The number of rotatable bonds is 6. The molecule has 4 heteroatoms. The fourth-order valence-corrected chi connectivity index (χ4v) is 2.31. The maximum absolute atomic E-state index is 5.51. The highest BCUT2D eigenvalue weighted by molar-refractivity contribution is 5.48. The molecule has 0 aliphatic carbocycles. The molecule has 1 aromatic carbocycles. The van der Waals surface area contributed by atoms with E-state index in [0.717, 1.165) is 23.5 Å². The van der Waals surface area contributed by atoms with Crippen LogP contribution in [0.1, 0.15) is 17.2 Å². The van der Waals surface area contributed by atoms with Gasteiger partial charge in [-0.05, 0) is 31.2 Å². The van der Waals surface area contributed by atoms with Crippen molar-refractivity contribution in [1.29, 1.82) is 0 Å². The van der Waals surface area contributed by atoms with Gasteiger partial charge in [0, 0.05) is 24.0 Å². The van der Waals surface area contributed by atoms with E-state index in [9.17, 15) is 0 Å². The zero-order valence-corrected chi connectivity index (χ0v) is 12.1. The van der Waals surface area contributed by atoms with Crippen LogP contribution in [0.15, 0.2) is 42.7 Å². The Labute approximate surface area is 119 Å². The molecule has 0 amide bonds. The number of aromatic nitrogens is 1. The number of benzene rings is 1. The number of likely N-dealkylation sites (N-methyl/N-ethyl adjacent to an activating group) is 1. The summed E-state index contributed by atoms with van der Waals surface area (Å²) >= 11 is 0. The second-order valence-electron chi connectivity index (χ2n) is 4.49. The van der Waals surface area contributed by atoms with Crippen LogP contribution in [-0.2, 0) is 6.42 Å². The van der Waals surface area contributed by atoms with Crippen LogP contribution in [0, 0.1) is 0 Å². The third kappa shape index (κ3) is 3.08. The van der Waals surface area contributed by atoms with Gasteiger partial charge in [0.2, 0.25) is 0 Å². The van der Waals surface area contributed by atoms with Gasteiger partial charge in [0.1, 0.15) is 0 Å². The van der Waals surface area contributed by atoms with Crippen molar-refractivity contribution in [2.24, 2.45) is 0 Å². The Morgan fingerprint density at radius 3 is 2.60 bits per heavy atom. The molecule has 1 atom stereocenters. The zero-order chi connectivity index (χ0) is 14.4. The number of hydrogen-bond donors (Lipinski definition) is 1. The molecule has 0 aliphatic heterocycles. The van der Waals surface area contributed by atoms with Gasteiger partial charge in [-0.25, -0.2) is 0 Å². The first-order chi connectivity index (χ1) is 9.80. The summed E-state index contributed by atoms with van der Waals surface area (Å²) in [5.41, 5.74) is 2.26. The Morgan fingerprint density at radius 1 is 1.15 bits per heavy atom. The number of pyridine rings is 1. The quantitative estimate of drug-likeness (QED) is 0.878. The predicted octanol–water partition coefficient (Wildman–Crippen LogP) is 2.60. The van der Waals surface area contributed by atoms with Crippen LogP contribution in [0.4, 0.5) is 0 Å². The molecular formula is C16H20N2O2. The fourth-order valence-electron chi connectivity index (χ4n) is 2.31. The average Bonchev–Trinajstić information content (AvgIpc) is 2.52. The number of hydrogen-bond acceptors (Lipinski definition) is 4. The van der Waals surface area contributed by atoms with Crippen LogP contribution in [0.2, 0.25) is 0 Å². The summed E-state index contributed by atoms with van der Waals surface area (Å²) in [6, 6.07) is 10.1. The molecule has 1 aromatic heterocycles. The molecule has 0 radical (unpaired) electrons. The van der Waals surface area contributed by atoms with Gasteiger partial charge in [-0.2, -0.15) is 0 Å². The summed E-state index contributed by atoms with van der Waals surface area (Å²) in [5.74, 6) is 1.52. The number of para-hydroxylation sites is 1. The third-order valence-electron chi connectivity index (χ3n) is 3.32. The van der Waals surface area contributed by atoms with Crippen molar-refractivity contribution in [2.45, 2.75) is 12.5 Å². The summed E-state index contributed by atoms with van der Waals surface area (Å²) in [4.78, 5) is 4.16. The van der Waals surface area contributed by atoms with E-state index < -0.39 is 0 Å². The lowest BCUT2D eigenvalue weighted by atomic mass is 9.98. The first-order valence-electron chi connectivity index (χ1n) is 6.57. The molecule has 1 heterocycles. The van der Waals surface area contributed by atoms with Crippen molar-refractivity contribution in [3.8, 4) is 11.5 Å². The minimum atomic E-state index is 0.143. The molecule has 0 spiro atoms. The first-order valence-corrected chi connectivity index (χ1v) is 6.57. The first kappa shape index (κ1) is 14.3. The Morgan fingerprint density at radius 2 is 2.00 bits per heavy atom. The summed E-state index contributed by atoms with van der Waals surface area (Å²) in [6.45, 7) is 0.